The molecule has 1 aromatic carbocycles. The number of carbonyl (C=O) groups is 2. The lowest BCUT2D eigenvalue weighted by atomic mass is 10.0. The lowest BCUT2D eigenvalue weighted by Crippen LogP contribution is -2.26. The third-order valence-corrected chi connectivity index (χ3v) is 4.17. The molecule has 0 spiro atoms. The quantitative estimate of drug-likeness (QED) is 0.686. The molecule has 5 heteroatoms. The Hall–Kier alpha value is -1.88. The molecule has 0 atom stereocenters. The first-order chi connectivity index (χ1) is 11.2. The topological polar surface area (TPSA) is 75.6 Å². The summed E-state index contributed by atoms with van der Waals surface area (Å²) in [5, 5.41) is 12.0. The van der Waals surface area contributed by atoms with Gasteiger partial charge in [0.25, 0.3) is 0 Å². The van der Waals surface area contributed by atoms with E-state index in [0.29, 0.717) is 37.7 Å². The number of aromatic carboxylic acids is 1. The fourth-order valence-corrected chi connectivity index (χ4v) is 2.89. The number of hydrogen-bond donors (Lipinski definition) is 2. The highest BCUT2D eigenvalue weighted by molar-refractivity contribution is 5.89. The highest BCUT2D eigenvalue weighted by Gasteiger charge is 2.14. The molecule has 1 aliphatic rings. The summed E-state index contributed by atoms with van der Waals surface area (Å²) in [6, 6.07) is 6.81. The number of hydrogen-bond acceptors (Lipinski definition) is 3. The molecule has 1 amide bonds. The molecule has 0 bridgehead atoms. The zero-order chi connectivity index (χ0) is 16.5. The van der Waals surface area contributed by atoms with Crippen LogP contribution in [-0.2, 0) is 16.0 Å². The van der Waals surface area contributed by atoms with Gasteiger partial charge in [-0.05, 0) is 37.3 Å². The van der Waals surface area contributed by atoms with E-state index >= 15 is 0 Å². The van der Waals surface area contributed by atoms with Crippen molar-refractivity contribution >= 4 is 11.9 Å². The summed E-state index contributed by atoms with van der Waals surface area (Å²) in [5.41, 5.74) is 0.963. The van der Waals surface area contributed by atoms with Crippen molar-refractivity contribution in [1.82, 2.24) is 5.32 Å². The maximum atomic E-state index is 11.8. The van der Waals surface area contributed by atoms with Gasteiger partial charge < -0.3 is 15.2 Å². The standard InChI is InChI=1S/C18H25NO4/c20-17(19-12-5-13-23-15-7-2-3-8-15)11-10-14-6-1-4-9-16(14)18(21)22/h1,4,6,9,15H,2-3,5,7-8,10-13H2,(H,19,20)(H,21,22). The second-order valence-electron chi connectivity index (χ2n) is 5.94. The smallest absolute Gasteiger partial charge is 0.335 e. The summed E-state index contributed by atoms with van der Waals surface area (Å²) in [6.45, 7) is 1.29. The average Bonchev–Trinajstić information content (AvgIpc) is 3.06. The van der Waals surface area contributed by atoms with Crippen LogP contribution < -0.4 is 5.32 Å². The van der Waals surface area contributed by atoms with E-state index in [9.17, 15) is 9.59 Å². The van der Waals surface area contributed by atoms with Crippen LogP contribution in [0.2, 0.25) is 0 Å². The molecule has 0 heterocycles. The van der Waals surface area contributed by atoms with Crippen LogP contribution in [-0.4, -0.2) is 36.2 Å². The molecular formula is C18H25NO4. The van der Waals surface area contributed by atoms with E-state index in [-0.39, 0.29) is 11.5 Å². The Bertz CT molecular complexity index is 524. The van der Waals surface area contributed by atoms with E-state index in [0.717, 1.165) is 19.3 Å². The first-order valence-electron chi connectivity index (χ1n) is 8.36. The first kappa shape index (κ1) is 17.5. The van der Waals surface area contributed by atoms with Gasteiger partial charge in [-0.3, -0.25) is 4.79 Å². The number of carboxylic acid groups (broad SMARTS) is 1. The van der Waals surface area contributed by atoms with Crippen LogP contribution in [0.5, 0.6) is 0 Å². The molecule has 2 N–H and O–H groups in total. The van der Waals surface area contributed by atoms with Crippen molar-refractivity contribution in [2.75, 3.05) is 13.2 Å². The molecule has 0 saturated heterocycles. The van der Waals surface area contributed by atoms with Crippen molar-refractivity contribution in [2.24, 2.45) is 0 Å². The van der Waals surface area contributed by atoms with E-state index in [1.54, 1.807) is 24.3 Å². The molecule has 0 aliphatic heterocycles. The van der Waals surface area contributed by atoms with Crippen LogP contribution >= 0.6 is 0 Å². The Labute approximate surface area is 137 Å². The van der Waals surface area contributed by atoms with Crippen molar-refractivity contribution in [1.29, 1.82) is 0 Å². The lowest BCUT2D eigenvalue weighted by Gasteiger charge is -2.11. The van der Waals surface area contributed by atoms with Gasteiger partial charge >= 0.3 is 5.97 Å². The number of ether oxygens (including phenoxy) is 1. The fraction of sp³-hybridized carbons (Fsp3) is 0.556. The maximum Gasteiger partial charge on any atom is 0.335 e. The molecule has 1 aromatic rings. The number of rotatable bonds is 9. The minimum atomic E-state index is -0.954. The summed E-state index contributed by atoms with van der Waals surface area (Å²) < 4.78 is 5.74. The highest BCUT2D eigenvalue weighted by atomic mass is 16.5. The van der Waals surface area contributed by atoms with Gasteiger partial charge in [0, 0.05) is 19.6 Å². The summed E-state index contributed by atoms with van der Waals surface area (Å²) in [5.74, 6) is -1.00. The zero-order valence-corrected chi connectivity index (χ0v) is 13.4. The largest absolute Gasteiger partial charge is 0.478 e. The molecule has 126 valence electrons. The zero-order valence-electron chi connectivity index (χ0n) is 13.4. The molecule has 1 saturated carbocycles. The van der Waals surface area contributed by atoms with Crippen LogP contribution in [0.15, 0.2) is 24.3 Å². The third kappa shape index (κ3) is 6.02. The van der Waals surface area contributed by atoms with Gasteiger partial charge in [0.15, 0.2) is 0 Å². The van der Waals surface area contributed by atoms with Crippen LogP contribution in [0.1, 0.15) is 54.4 Å². The van der Waals surface area contributed by atoms with Gasteiger partial charge in [0.05, 0.1) is 11.7 Å². The van der Waals surface area contributed by atoms with Crippen LogP contribution in [0, 0.1) is 0 Å². The van der Waals surface area contributed by atoms with Crippen molar-refractivity contribution in [3.8, 4) is 0 Å². The van der Waals surface area contributed by atoms with E-state index in [4.69, 9.17) is 9.84 Å². The third-order valence-electron chi connectivity index (χ3n) is 4.17. The Morgan fingerprint density at radius 3 is 2.70 bits per heavy atom. The molecule has 23 heavy (non-hydrogen) atoms. The average molecular weight is 319 g/mol. The van der Waals surface area contributed by atoms with Gasteiger partial charge in [-0.1, -0.05) is 31.0 Å². The van der Waals surface area contributed by atoms with E-state index < -0.39 is 5.97 Å². The normalized spacial score (nSPS) is 14.8. The monoisotopic (exact) mass is 319 g/mol. The van der Waals surface area contributed by atoms with E-state index in [1.807, 2.05) is 0 Å². The number of amides is 1. The SMILES string of the molecule is O=C(CCc1ccccc1C(=O)O)NCCCOC1CCCC1. The summed E-state index contributed by atoms with van der Waals surface area (Å²) >= 11 is 0. The summed E-state index contributed by atoms with van der Waals surface area (Å²) in [4.78, 5) is 22.9. The second kappa shape index (κ2) is 9.30. The van der Waals surface area contributed by atoms with Crippen molar-refractivity contribution in [2.45, 2.75) is 51.0 Å². The Kier molecular flexibility index (Phi) is 7.07. The number of nitrogens with one attached hydrogen (secondary N) is 1. The highest BCUT2D eigenvalue weighted by Crippen LogP contribution is 2.20. The van der Waals surface area contributed by atoms with Crippen molar-refractivity contribution in [3.05, 3.63) is 35.4 Å². The number of benzene rings is 1. The minimum Gasteiger partial charge on any atom is -0.478 e. The first-order valence-corrected chi connectivity index (χ1v) is 8.36. The Morgan fingerprint density at radius 1 is 1.22 bits per heavy atom. The second-order valence-corrected chi connectivity index (χ2v) is 5.94. The van der Waals surface area contributed by atoms with Gasteiger partial charge in [0.1, 0.15) is 0 Å². The predicted molar refractivity (Wildman–Crippen MR) is 87.6 cm³/mol. The van der Waals surface area contributed by atoms with E-state index in [1.165, 1.54) is 12.8 Å². The van der Waals surface area contributed by atoms with Gasteiger partial charge in [0.2, 0.25) is 5.91 Å². The minimum absolute atomic E-state index is 0.0499. The van der Waals surface area contributed by atoms with Crippen LogP contribution in [0.4, 0.5) is 0 Å². The van der Waals surface area contributed by atoms with Crippen molar-refractivity contribution < 1.29 is 19.4 Å². The number of carboxylic acids is 1. The molecule has 5 nitrogen and oxygen atoms in total. The molecule has 0 unspecified atom stereocenters. The van der Waals surface area contributed by atoms with Crippen LogP contribution in [0.25, 0.3) is 0 Å². The van der Waals surface area contributed by atoms with Gasteiger partial charge in [-0.2, -0.15) is 0 Å². The predicted octanol–water partition coefficient (Wildman–Crippen LogP) is 2.78. The maximum absolute atomic E-state index is 11.8. The molecule has 0 radical (unpaired) electrons. The summed E-state index contributed by atoms with van der Waals surface area (Å²) in [7, 11) is 0. The Balaban J connectivity index is 1.60. The molecular weight excluding hydrogens is 294 g/mol. The molecule has 0 aromatic heterocycles. The lowest BCUT2D eigenvalue weighted by molar-refractivity contribution is -0.121. The molecule has 1 aliphatic carbocycles. The van der Waals surface area contributed by atoms with Crippen LogP contribution in [0.3, 0.4) is 0 Å². The number of carbonyl (C=O) groups excluding carboxylic acids is 1. The van der Waals surface area contributed by atoms with Gasteiger partial charge in [-0.15, -0.1) is 0 Å². The van der Waals surface area contributed by atoms with Gasteiger partial charge in [-0.25, -0.2) is 4.79 Å². The van der Waals surface area contributed by atoms with Crippen molar-refractivity contribution in [3.63, 3.8) is 0 Å². The molecule has 2 rings (SSSR count). The Morgan fingerprint density at radius 2 is 1.96 bits per heavy atom. The fourth-order valence-electron chi connectivity index (χ4n) is 2.89. The number of aryl methyl sites for hydroxylation is 1. The summed E-state index contributed by atoms with van der Waals surface area (Å²) in [6.07, 6.45) is 6.82. The van der Waals surface area contributed by atoms with E-state index in [2.05, 4.69) is 5.32 Å². The molecule has 1 fully saturated rings.